The van der Waals surface area contributed by atoms with Gasteiger partial charge in [-0.05, 0) is 68.9 Å². The lowest BCUT2D eigenvalue weighted by Gasteiger charge is -2.27. The Kier molecular flexibility index (Phi) is 5.17. The van der Waals surface area contributed by atoms with Gasteiger partial charge in [0.15, 0.2) is 5.11 Å². The number of aromatic nitrogens is 1. The summed E-state index contributed by atoms with van der Waals surface area (Å²) < 4.78 is 15.4. The van der Waals surface area contributed by atoms with Gasteiger partial charge in [0.25, 0.3) is 11.8 Å². The molecule has 0 bridgehead atoms. The average Bonchev–Trinajstić information content (AvgIpc) is 2.88. The van der Waals surface area contributed by atoms with Crippen molar-refractivity contribution >= 4 is 46.8 Å². The van der Waals surface area contributed by atoms with Crippen LogP contribution in [0.3, 0.4) is 0 Å². The Morgan fingerprint density at radius 3 is 2.59 bits per heavy atom. The number of carbonyl (C=O) groups is 2. The average molecular weight is 406 g/mol. The van der Waals surface area contributed by atoms with E-state index in [1.54, 1.807) is 19.1 Å². The van der Waals surface area contributed by atoms with Gasteiger partial charge in [0, 0.05) is 23.6 Å². The normalized spacial score (nSPS) is 16.3. The molecule has 1 saturated heterocycles. The second kappa shape index (κ2) is 7.25. The van der Waals surface area contributed by atoms with Crippen molar-refractivity contribution in [3.8, 4) is 5.69 Å². The summed E-state index contributed by atoms with van der Waals surface area (Å²) in [6.45, 7) is 5.87. The van der Waals surface area contributed by atoms with Crippen molar-refractivity contribution in [3.05, 3.63) is 57.6 Å². The van der Waals surface area contributed by atoms with Crippen LogP contribution < -0.4 is 5.32 Å². The first kappa shape index (κ1) is 19.3. The number of benzene rings is 1. The van der Waals surface area contributed by atoms with Gasteiger partial charge in [-0.25, -0.2) is 4.39 Å². The summed E-state index contributed by atoms with van der Waals surface area (Å²) in [6, 6.07) is 6.30. The fraction of sp³-hybridized carbons (Fsp3) is 0.211. The van der Waals surface area contributed by atoms with Crippen molar-refractivity contribution in [2.24, 2.45) is 0 Å². The summed E-state index contributed by atoms with van der Waals surface area (Å²) in [5, 5.41) is 2.66. The molecule has 0 radical (unpaired) electrons. The molecule has 1 aromatic heterocycles. The van der Waals surface area contributed by atoms with Crippen molar-refractivity contribution in [1.82, 2.24) is 14.8 Å². The van der Waals surface area contributed by atoms with E-state index in [1.165, 1.54) is 17.0 Å². The number of amides is 2. The third kappa shape index (κ3) is 3.40. The van der Waals surface area contributed by atoms with Crippen molar-refractivity contribution < 1.29 is 14.0 Å². The molecule has 2 heterocycles. The number of nitrogens with one attached hydrogen (secondary N) is 1. The quantitative estimate of drug-likeness (QED) is 0.483. The highest BCUT2D eigenvalue weighted by Crippen LogP contribution is 2.26. The highest BCUT2D eigenvalue weighted by molar-refractivity contribution is 7.80. The van der Waals surface area contributed by atoms with E-state index in [-0.39, 0.29) is 15.7 Å². The zero-order chi connectivity index (χ0) is 19.9. The molecule has 8 heteroatoms. The number of nitrogens with zero attached hydrogens (tertiary/aromatic N) is 2. The van der Waals surface area contributed by atoms with Crippen LogP contribution in [0, 0.1) is 19.7 Å². The van der Waals surface area contributed by atoms with E-state index in [4.69, 9.17) is 23.8 Å². The number of hydrogen-bond acceptors (Lipinski definition) is 3. The molecule has 5 nitrogen and oxygen atoms in total. The summed E-state index contributed by atoms with van der Waals surface area (Å²) in [6.07, 6.45) is 1.55. The highest BCUT2D eigenvalue weighted by atomic mass is 35.5. The van der Waals surface area contributed by atoms with E-state index >= 15 is 0 Å². The second-order valence-electron chi connectivity index (χ2n) is 6.13. The summed E-state index contributed by atoms with van der Waals surface area (Å²) in [7, 11) is 0. The number of hydrogen-bond donors (Lipinski definition) is 1. The molecule has 0 aliphatic carbocycles. The minimum absolute atomic E-state index is 0.0165. The maximum Gasteiger partial charge on any atom is 0.265 e. The zero-order valence-corrected chi connectivity index (χ0v) is 16.5. The molecule has 0 spiro atoms. The lowest BCUT2D eigenvalue weighted by Crippen LogP contribution is -2.53. The largest absolute Gasteiger partial charge is 0.318 e. The van der Waals surface area contributed by atoms with E-state index in [0.29, 0.717) is 17.8 Å². The van der Waals surface area contributed by atoms with Crippen molar-refractivity contribution in [3.63, 3.8) is 0 Å². The number of aryl methyl sites for hydroxylation is 1. The topological polar surface area (TPSA) is 54.3 Å². The zero-order valence-electron chi connectivity index (χ0n) is 15.0. The molecule has 1 fully saturated rings. The van der Waals surface area contributed by atoms with Crippen LogP contribution in [0.25, 0.3) is 11.8 Å². The Labute approximate surface area is 166 Å². The van der Waals surface area contributed by atoms with E-state index in [1.807, 2.05) is 24.5 Å². The number of carbonyl (C=O) groups excluding carboxylic acids is 2. The van der Waals surface area contributed by atoms with Crippen molar-refractivity contribution in [1.29, 1.82) is 0 Å². The SMILES string of the molecule is CCN1C(=O)/C(=C/c2cc(C)n(-c3ccc(F)c(Cl)c3)c2C)C(=O)NC1=S. The first-order chi connectivity index (χ1) is 12.7. The van der Waals surface area contributed by atoms with Gasteiger partial charge in [-0.15, -0.1) is 0 Å². The summed E-state index contributed by atoms with van der Waals surface area (Å²) >= 11 is 10.9. The predicted octanol–water partition coefficient (Wildman–Crippen LogP) is 3.53. The second-order valence-corrected chi connectivity index (χ2v) is 6.92. The first-order valence-electron chi connectivity index (χ1n) is 8.27. The van der Waals surface area contributed by atoms with Gasteiger partial charge in [0.05, 0.1) is 5.02 Å². The minimum atomic E-state index is -0.524. The molecular weight excluding hydrogens is 389 g/mol. The van der Waals surface area contributed by atoms with Crippen LogP contribution in [0.15, 0.2) is 29.8 Å². The Hall–Kier alpha value is -2.51. The van der Waals surface area contributed by atoms with E-state index in [0.717, 1.165) is 11.4 Å². The first-order valence-corrected chi connectivity index (χ1v) is 9.06. The van der Waals surface area contributed by atoms with E-state index < -0.39 is 17.6 Å². The number of rotatable bonds is 3. The minimum Gasteiger partial charge on any atom is -0.318 e. The van der Waals surface area contributed by atoms with Crippen LogP contribution >= 0.6 is 23.8 Å². The van der Waals surface area contributed by atoms with Crippen LogP contribution in [0.1, 0.15) is 23.9 Å². The Morgan fingerprint density at radius 2 is 1.96 bits per heavy atom. The molecule has 2 aromatic rings. The molecule has 0 unspecified atom stereocenters. The lowest BCUT2D eigenvalue weighted by molar-refractivity contribution is -0.128. The molecule has 3 rings (SSSR count). The number of halogens is 2. The Morgan fingerprint density at radius 1 is 1.26 bits per heavy atom. The van der Waals surface area contributed by atoms with Gasteiger partial charge in [-0.3, -0.25) is 19.8 Å². The predicted molar refractivity (Wildman–Crippen MR) is 106 cm³/mol. The third-order valence-corrected chi connectivity index (χ3v) is 5.05. The molecule has 1 aromatic carbocycles. The van der Waals surface area contributed by atoms with Gasteiger partial charge in [-0.2, -0.15) is 0 Å². The number of thiocarbonyl (C=S) groups is 1. The highest BCUT2D eigenvalue weighted by Gasteiger charge is 2.32. The molecule has 0 atom stereocenters. The van der Waals surface area contributed by atoms with Crippen LogP contribution in [0.5, 0.6) is 0 Å². The summed E-state index contributed by atoms with van der Waals surface area (Å²) in [4.78, 5) is 26.2. The van der Waals surface area contributed by atoms with Gasteiger partial charge in [0.1, 0.15) is 11.4 Å². The van der Waals surface area contributed by atoms with Gasteiger partial charge in [-0.1, -0.05) is 11.6 Å². The maximum atomic E-state index is 13.5. The fourth-order valence-corrected chi connectivity index (χ4v) is 3.57. The smallest absolute Gasteiger partial charge is 0.265 e. The monoisotopic (exact) mass is 405 g/mol. The van der Waals surface area contributed by atoms with Crippen LogP contribution in [0.2, 0.25) is 5.02 Å². The maximum absolute atomic E-state index is 13.5. The van der Waals surface area contributed by atoms with E-state index in [2.05, 4.69) is 5.32 Å². The van der Waals surface area contributed by atoms with Gasteiger partial charge in [0.2, 0.25) is 0 Å². The van der Waals surface area contributed by atoms with Gasteiger partial charge >= 0.3 is 0 Å². The lowest BCUT2D eigenvalue weighted by atomic mass is 10.1. The van der Waals surface area contributed by atoms with Crippen LogP contribution in [-0.4, -0.2) is 32.9 Å². The standard InChI is InChI=1S/C19H17ClFN3O2S/c1-4-23-18(26)14(17(25)22-19(23)27)8-12-7-10(2)24(11(12)3)13-5-6-16(21)15(20)9-13/h5-9H,4H2,1-3H3,(H,22,25,27)/b14-8+. The molecule has 1 aliphatic rings. The molecule has 1 aliphatic heterocycles. The Bertz CT molecular complexity index is 1010. The Balaban J connectivity index is 2.07. The van der Waals surface area contributed by atoms with E-state index in [9.17, 15) is 14.0 Å². The summed E-state index contributed by atoms with van der Waals surface area (Å²) in [5.74, 6) is -1.45. The van der Waals surface area contributed by atoms with Crippen LogP contribution in [0.4, 0.5) is 4.39 Å². The molecule has 27 heavy (non-hydrogen) atoms. The third-order valence-electron chi connectivity index (χ3n) is 4.43. The molecule has 140 valence electrons. The molecule has 2 amide bonds. The van der Waals surface area contributed by atoms with Crippen LogP contribution in [-0.2, 0) is 9.59 Å². The molecular formula is C19H17ClFN3O2S. The molecule has 0 saturated carbocycles. The number of likely N-dealkylation sites (N-methyl/N-ethyl adjacent to an activating group) is 1. The van der Waals surface area contributed by atoms with Crippen molar-refractivity contribution in [2.75, 3.05) is 6.54 Å². The fourth-order valence-electron chi connectivity index (χ4n) is 3.09. The van der Waals surface area contributed by atoms with Gasteiger partial charge < -0.3 is 4.57 Å². The molecule has 1 N–H and O–H groups in total. The summed E-state index contributed by atoms with van der Waals surface area (Å²) in [5.41, 5.74) is 3.06. The van der Waals surface area contributed by atoms with Crippen molar-refractivity contribution in [2.45, 2.75) is 20.8 Å².